The van der Waals surface area contributed by atoms with E-state index >= 15 is 0 Å². The Kier molecular flexibility index (Phi) is 5.51. The maximum absolute atomic E-state index is 5.58. The average Bonchev–Trinajstić information content (AvgIpc) is 3.16. The molecular weight excluding hydrogens is 370 g/mol. The van der Waals surface area contributed by atoms with Crippen LogP contribution in [0.1, 0.15) is 18.4 Å². The van der Waals surface area contributed by atoms with Gasteiger partial charge in [0.2, 0.25) is 5.13 Å². The summed E-state index contributed by atoms with van der Waals surface area (Å²) in [5.41, 5.74) is 1.27. The van der Waals surface area contributed by atoms with Crippen molar-refractivity contribution in [1.82, 2.24) is 10.2 Å². The molecule has 1 saturated heterocycles. The second-order valence-corrected chi connectivity index (χ2v) is 7.82. The van der Waals surface area contributed by atoms with Crippen LogP contribution in [0.25, 0.3) is 0 Å². The molecule has 0 saturated carbocycles. The van der Waals surface area contributed by atoms with Gasteiger partial charge in [0.05, 0.1) is 6.10 Å². The van der Waals surface area contributed by atoms with E-state index in [1.165, 1.54) is 5.56 Å². The van der Waals surface area contributed by atoms with Gasteiger partial charge in [0, 0.05) is 23.4 Å². The number of rotatable bonds is 6. The highest BCUT2D eigenvalue weighted by Gasteiger charge is 2.15. The Morgan fingerprint density at radius 1 is 1.38 bits per heavy atom. The maximum atomic E-state index is 5.58. The van der Waals surface area contributed by atoms with Crippen molar-refractivity contribution in [3.05, 3.63) is 34.3 Å². The summed E-state index contributed by atoms with van der Waals surface area (Å²) in [7, 11) is 0. The zero-order valence-electron chi connectivity index (χ0n) is 11.4. The number of nitrogens with zero attached hydrogens (tertiary/aromatic N) is 2. The Morgan fingerprint density at radius 2 is 2.29 bits per heavy atom. The molecule has 4 nitrogen and oxygen atoms in total. The number of benzene rings is 1. The largest absolute Gasteiger partial charge is 0.376 e. The highest BCUT2D eigenvalue weighted by Crippen LogP contribution is 2.30. The molecule has 1 atom stereocenters. The SMILES string of the molecule is Brc1ccccc1CSc1nnc(NCC2CCCO2)s1. The van der Waals surface area contributed by atoms with E-state index in [0.717, 1.165) is 45.7 Å². The first-order valence-corrected chi connectivity index (χ1v) is 9.46. The molecule has 1 unspecified atom stereocenters. The summed E-state index contributed by atoms with van der Waals surface area (Å²) in [5, 5.41) is 12.6. The second-order valence-electron chi connectivity index (χ2n) is 4.77. The molecule has 112 valence electrons. The molecule has 0 spiro atoms. The minimum absolute atomic E-state index is 0.324. The zero-order chi connectivity index (χ0) is 14.5. The van der Waals surface area contributed by atoms with E-state index in [1.807, 2.05) is 6.07 Å². The van der Waals surface area contributed by atoms with E-state index in [-0.39, 0.29) is 0 Å². The van der Waals surface area contributed by atoms with Gasteiger partial charge in [-0.05, 0) is 24.5 Å². The van der Waals surface area contributed by atoms with Crippen LogP contribution in [0.3, 0.4) is 0 Å². The third kappa shape index (κ3) is 4.42. The van der Waals surface area contributed by atoms with E-state index < -0.39 is 0 Å². The van der Waals surface area contributed by atoms with E-state index in [1.54, 1.807) is 23.1 Å². The van der Waals surface area contributed by atoms with Crippen LogP contribution >= 0.6 is 39.0 Å². The average molecular weight is 386 g/mol. The van der Waals surface area contributed by atoms with Crippen molar-refractivity contribution in [2.45, 2.75) is 29.0 Å². The summed E-state index contributed by atoms with van der Waals surface area (Å²) in [6, 6.07) is 8.25. The van der Waals surface area contributed by atoms with Gasteiger partial charge in [0.15, 0.2) is 4.34 Å². The van der Waals surface area contributed by atoms with Gasteiger partial charge in [0.25, 0.3) is 0 Å². The van der Waals surface area contributed by atoms with Crippen LogP contribution in [0.5, 0.6) is 0 Å². The van der Waals surface area contributed by atoms with Gasteiger partial charge in [-0.15, -0.1) is 10.2 Å². The fourth-order valence-corrected chi connectivity index (χ4v) is 4.47. The van der Waals surface area contributed by atoms with Gasteiger partial charge >= 0.3 is 0 Å². The highest BCUT2D eigenvalue weighted by atomic mass is 79.9. The molecule has 0 aliphatic carbocycles. The lowest BCUT2D eigenvalue weighted by Gasteiger charge is -2.08. The molecular formula is C14H16BrN3OS2. The van der Waals surface area contributed by atoms with Crippen LogP contribution in [-0.2, 0) is 10.5 Å². The van der Waals surface area contributed by atoms with Crippen LogP contribution in [0.2, 0.25) is 0 Å². The second kappa shape index (κ2) is 7.58. The minimum Gasteiger partial charge on any atom is -0.376 e. The highest BCUT2D eigenvalue weighted by molar-refractivity contribution is 9.10. The summed E-state index contributed by atoms with van der Waals surface area (Å²) in [6.45, 7) is 1.71. The Morgan fingerprint density at radius 3 is 3.10 bits per heavy atom. The van der Waals surface area contributed by atoms with Crippen LogP contribution in [0.4, 0.5) is 5.13 Å². The quantitative estimate of drug-likeness (QED) is 0.755. The van der Waals surface area contributed by atoms with Crippen molar-refractivity contribution in [2.24, 2.45) is 0 Å². The molecule has 0 radical (unpaired) electrons. The molecule has 1 fully saturated rings. The first-order chi connectivity index (χ1) is 10.3. The predicted molar refractivity (Wildman–Crippen MR) is 91.1 cm³/mol. The number of aromatic nitrogens is 2. The minimum atomic E-state index is 0.324. The predicted octanol–water partition coefficient (Wildman–Crippen LogP) is 4.18. The molecule has 1 aliphatic heterocycles. The third-order valence-corrected chi connectivity index (χ3v) is 6.06. The maximum Gasteiger partial charge on any atom is 0.206 e. The Bertz CT molecular complexity index is 587. The fraction of sp³-hybridized carbons (Fsp3) is 0.429. The topological polar surface area (TPSA) is 47.0 Å². The number of hydrogen-bond donors (Lipinski definition) is 1. The van der Waals surface area contributed by atoms with Gasteiger partial charge in [-0.1, -0.05) is 57.2 Å². The fourth-order valence-electron chi connectivity index (χ4n) is 2.10. The van der Waals surface area contributed by atoms with Crippen LogP contribution in [0, 0.1) is 0 Å². The zero-order valence-corrected chi connectivity index (χ0v) is 14.6. The standard InChI is InChI=1S/C14H16BrN3OS2/c15-12-6-2-1-4-10(12)9-20-14-18-17-13(21-14)16-8-11-5-3-7-19-11/h1-2,4,6,11H,3,5,7-9H2,(H,16,17). The summed E-state index contributed by atoms with van der Waals surface area (Å²) < 4.78 is 7.71. The van der Waals surface area contributed by atoms with Gasteiger partial charge in [-0.3, -0.25) is 0 Å². The van der Waals surface area contributed by atoms with Crippen molar-refractivity contribution >= 4 is 44.2 Å². The molecule has 3 rings (SSSR count). The van der Waals surface area contributed by atoms with Crippen LogP contribution in [-0.4, -0.2) is 29.5 Å². The van der Waals surface area contributed by atoms with Gasteiger partial charge in [-0.2, -0.15) is 0 Å². The van der Waals surface area contributed by atoms with Crippen molar-refractivity contribution in [3.63, 3.8) is 0 Å². The van der Waals surface area contributed by atoms with Crippen molar-refractivity contribution in [2.75, 3.05) is 18.5 Å². The first-order valence-electron chi connectivity index (χ1n) is 6.86. The van der Waals surface area contributed by atoms with Crippen molar-refractivity contribution in [3.8, 4) is 0 Å². The Hall–Kier alpha value is -0.630. The van der Waals surface area contributed by atoms with E-state index in [9.17, 15) is 0 Å². The van der Waals surface area contributed by atoms with Gasteiger partial charge < -0.3 is 10.1 Å². The van der Waals surface area contributed by atoms with Crippen LogP contribution < -0.4 is 5.32 Å². The van der Waals surface area contributed by atoms with Crippen molar-refractivity contribution in [1.29, 1.82) is 0 Å². The van der Waals surface area contributed by atoms with E-state index in [4.69, 9.17) is 4.74 Å². The number of thioether (sulfide) groups is 1. The number of ether oxygens (including phenoxy) is 1. The van der Waals surface area contributed by atoms with Crippen LogP contribution in [0.15, 0.2) is 33.1 Å². The normalized spacial score (nSPS) is 18.0. The molecule has 2 heterocycles. The van der Waals surface area contributed by atoms with E-state index in [0.29, 0.717) is 6.10 Å². The first kappa shape index (κ1) is 15.3. The lowest BCUT2D eigenvalue weighted by molar-refractivity contribution is 0.120. The molecule has 1 aliphatic rings. The molecule has 1 aromatic heterocycles. The number of halogens is 1. The lowest BCUT2D eigenvalue weighted by atomic mass is 10.2. The lowest BCUT2D eigenvalue weighted by Crippen LogP contribution is -2.18. The monoisotopic (exact) mass is 385 g/mol. The molecule has 1 aromatic carbocycles. The molecule has 7 heteroatoms. The third-order valence-electron chi connectivity index (χ3n) is 3.22. The smallest absolute Gasteiger partial charge is 0.206 e. The molecule has 1 N–H and O–H groups in total. The summed E-state index contributed by atoms with van der Waals surface area (Å²) in [5.74, 6) is 0.891. The van der Waals surface area contributed by atoms with E-state index in [2.05, 4.69) is 49.6 Å². The Labute approximate surface area is 140 Å². The van der Waals surface area contributed by atoms with Gasteiger partial charge in [0.1, 0.15) is 0 Å². The molecule has 0 bridgehead atoms. The number of nitrogens with one attached hydrogen (secondary N) is 1. The molecule has 2 aromatic rings. The summed E-state index contributed by atoms with van der Waals surface area (Å²) in [6.07, 6.45) is 2.62. The van der Waals surface area contributed by atoms with Gasteiger partial charge in [-0.25, -0.2) is 0 Å². The molecule has 21 heavy (non-hydrogen) atoms. The number of hydrogen-bond acceptors (Lipinski definition) is 6. The summed E-state index contributed by atoms with van der Waals surface area (Å²) in [4.78, 5) is 0. The Balaban J connectivity index is 1.49. The van der Waals surface area contributed by atoms with Crippen molar-refractivity contribution < 1.29 is 4.74 Å². The summed E-state index contributed by atoms with van der Waals surface area (Å²) >= 11 is 6.88. The molecule has 0 amide bonds. The number of anilines is 1.